The van der Waals surface area contributed by atoms with Crippen molar-refractivity contribution in [2.45, 2.75) is 25.6 Å². The Balaban J connectivity index is 1.99. The Hall–Kier alpha value is -2.80. The number of aliphatic hydroxyl groups is 1. The molecule has 1 aliphatic rings. The number of phenolic OH excluding ortho intramolecular Hbond substituents is 4. The van der Waals surface area contributed by atoms with Crippen molar-refractivity contribution in [2.24, 2.45) is 0 Å². The van der Waals surface area contributed by atoms with Gasteiger partial charge in [-0.25, -0.2) is 0 Å². The average molecular weight is 334 g/mol. The fraction of sp³-hybridized carbons (Fsp3) is 0.294. The Labute approximate surface area is 138 Å². The quantitative estimate of drug-likeness (QED) is 0.544. The first-order chi connectivity index (χ1) is 11.4. The van der Waals surface area contributed by atoms with Gasteiger partial charge in [-0.1, -0.05) is 0 Å². The second-order valence-electron chi connectivity index (χ2n) is 5.57. The molecule has 24 heavy (non-hydrogen) atoms. The maximum Gasteiger partial charge on any atom is 0.200 e. The third-order valence-electron chi connectivity index (χ3n) is 3.91. The Morgan fingerprint density at radius 1 is 1.04 bits per heavy atom. The van der Waals surface area contributed by atoms with E-state index in [1.54, 1.807) is 6.07 Å². The largest absolute Gasteiger partial charge is 0.507 e. The van der Waals surface area contributed by atoms with Gasteiger partial charge in [-0.15, -0.1) is 0 Å². The van der Waals surface area contributed by atoms with Gasteiger partial charge >= 0.3 is 0 Å². The molecule has 128 valence electrons. The van der Waals surface area contributed by atoms with Gasteiger partial charge in [0.05, 0.1) is 12.7 Å². The van der Waals surface area contributed by atoms with Crippen molar-refractivity contribution in [3.63, 3.8) is 0 Å². The van der Waals surface area contributed by atoms with Crippen molar-refractivity contribution in [1.82, 2.24) is 0 Å². The number of hydrogen-bond acceptors (Lipinski definition) is 7. The normalized spacial score (nSPS) is 19.4. The highest BCUT2D eigenvalue weighted by Gasteiger charge is 2.33. The standard InChI is InChI=1S/C17H18O7/c1-2-23-9-5-11(18)10-7-14(21)17(24-15(10)6-9)8-3-12(19)16(22)13(20)4-8/h3-6,14,17-22H,2,7H2,1H3. The average Bonchev–Trinajstić information content (AvgIpc) is 2.53. The summed E-state index contributed by atoms with van der Waals surface area (Å²) in [6.07, 6.45) is -1.77. The highest BCUT2D eigenvalue weighted by atomic mass is 16.5. The van der Waals surface area contributed by atoms with E-state index in [1.165, 1.54) is 18.2 Å². The number of hydrogen-bond donors (Lipinski definition) is 5. The smallest absolute Gasteiger partial charge is 0.200 e. The van der Waals surface area contributed by atoms with Crippen LogP contribution in [0.25, 0.3) is 0 Å². The molecule has 2 atom stereocenters. The van der Waals surface area contributed by atoms with E-state index in [1.807, 2.05) is 6.92 Å². The van der Waals surface area contributed by atoms with E-state index in [2.05, 4.69) is 0 Å². The van der Waals surface area contributed by atoms with Crippen molar-refractivity contribution in [2.75, 3.05) is 6.61 Å². The first-order valence-electron chi connectivity index (χ1n) is 7.49. The van der Waals surface area contributed by atoms with Crippen LogP contribution in [0.15, 0.2) is 24.3 Å². The Bertz CT molecular complexity index is 749. The molecule has 0 aliphatic carbocycles. The SMILES string of the molecule is CCOc1cc(O)c2c(c1)OC(c1cc(O)c(O)c(O)c1)C(O)C2. The Kier molecular flexibility index (Phi) is 4.02. The van der Waals surface area contributed by atoms with Crippen LogP contribution in [0, 0.1) is 0 Å². The molecule has 0 fully saturated rings. The third kappa shape index (κ3) is 2.74. The molecule has 2 aromatic rings. The van der Waals surface area contributed by atoms with Crippen LogP contribution in [0.2, 0.25) is 0 Å². The molecule has 1 heterocycles. The maximum atomic E-state index is 10.3. The molecule has 0 radical (unpaired) electrons. The minimum atomic E-state index is -1.01. The van der Waals surface area contributed by atoms with E-state index < -0.39 is 29.5 Å². The summed E-state index contributed by atoms with van der Waals surface area (Å²) in [4.78, 5) is 0. The molecular weight excluding hydrogens is 316 g/mol. The number of aliphatic hydroxyl groups excluding tert-OH is 1. The molecule has 3 rings (SSSR count). The number of phenols is 4. The molecule has 0 aromatic heterocycles. The van der Waals surface area contributed by atoms with Gasteiger partial charge in [0.1, 0.15) is 17.2 Å². The third-order valence-corrected chi connectivity index (χ3v) is 3.91. The molecule has 1 aliphatic heterocycles. The number of fused-ring (bicyclic) bond motifs is 1. The molecule has 0 spiro atoms. The zero-order valence-electron chi connectivity index (χ0n) is 12.9. The fourth-order valence-electron chi connectivity index (χ4n) is 2.78. The minimum absolute atomic E-state index is 0.0372. The van der Waals surface area contributed by atoms with Crippen LogP contribution < -0.4 is 9.47 Å². The number of ether oxygens (including phenoxy) is 2. The molecule has 0 amide bonds. The predicted molar refractivity (Wildman–Crippen MR) is 83.8 cm³/mol. The summed E-state index contributed by atoms with van der Waals surface area (Å²) in [5.74, 6) is -0.929. The fourth-order valence-corrected chi connectivity index (χ4v) is 2.78. The maximum absolute atomic E-state index is 10.3. The van der Waals surface area contributed by atoms with Crippen molar-refractivity contribution >= 4 is 0 Å². The minimum Gasteiger partial charge on any atom is -0.507 e. The molecule has 0 bridgehead atoms. The molecule has 5 N–H and O–H groups in total. The van der Waals surface area contributed by atoms with Gasteiger partial charge in [-0.05, 0) is 19.1 Å². The zero-order chi connectivity index (χ0) is 17.4. The van der Waals surface area contributed by atoms with Gasteiger partial charge in [-0.2, -0.15) is 0 Å². The first-order valence-corrected chi connectivity index (χ1v) is 7.49. The van der Waals surface area contributed by atoms with E-state index >= 15 is 0 Å². The van der Waals surface area contributed by atoms with Crippen LogP contribution in [0.3, 0.4) is 0 Å². The summed E-state index contributed by atoms with van der Waals surface area (Å²) in [6, 6.07) is 5.48. The molecule has 2 aromatic carbocycles. The molecule has 0 saturated carbocycles. The summed E-state index contributed by atoms with van der Waals surface area (Å²) in [5.41, 5.74) is 0.747. The van der Waals surface area contributed by atoms with Crippen LogP contribution >= 0.6 is 0 Å². The number of aromatic hydroxyl groups is 4. The number of rotatable bonds is 3. The van der Waals surface area contributed by atoms with Crippen LogP contribution in [-0.2, 0) is 6.42 Å². The van der Waals surface area contributed by atoms with Gasteiger partial charge in [0.2, 0.25) is 0 Å². The molecule has 7 heteroatoms. The monoisotopic (exact) mass is 334 g/mol. The molecular formula is C17H18O7. The zero-order valence-corrected chi connectivity index (χ0v) is 12.9. The van der Waals surface area contributed by atoms with E-state index in [0.29, 0.717) is 29.2 Å². The van der Waals surface area contributed by atoms with Gasteiger partial charge < -0.3 is 35.0 Å². The first kappa shape index (κ1) is 16.1. The van der Waals surface area contributed by atoms with Crippen molar-refractivity contribution in [3.05, 3.63) is 35.4 Å². The van der Waals surface area contributed by atoms with Crippen molar-refractivity contribution in [1.29, 1.82) is 0 Å². The Morgan fingerprint density at radius 2 is 1.71 bits per heavy atom. The lowest BCUT2D eigenvalue weighted by Gasteiger charge is -2.31. The summed E-state index contributed by atoms with van der Waals surface area (Å²) in [5, 5.41) is 49.1. The van der Waals surface area contributed by atoms with E-state index in [4.69, 9.17) is 9.47 Å². The van der Waals surface area contributed by atoms with E-state index in [9.17, 15) is 25.5 Å². The molecule has 0 saturated heterocycles. The number of benzene rings is 2. The molecule has 2 unspecified atom stereocenters. The highest BCUT2D eigenvalue weighted by molar-refractivity contribution is 5.54. The summed E-state index contributed by atoms with van der Waals surface area (Å²) in [6.45, 7) is 2.23. The lowest BCUT2D eigenvalue weighted by molar-refractivity contribution is 0.0195. The summed E-state index contributed by atoms with van der Waals surface area (Å²) >= 11 is 0. The lowest BCUT2D eigenvalue weighted by Crippen LogP contribution is -2.30. The van der Waals surface area contributed by atoms with Crippen LogP contribution in [0.5, 0.6) is 34.5 Å². The van der Waals surface area contributed by atoms with Gasteiger partial charge in [0, 0.05) is 29.7 Å². The van der Waals surface area contributed by atoms with Crippen LogP contribution in [0.1, 0.15) is 24.2 Å². The lowest BCUT2D eigenvalue weighted by atomic mass is 9.93. The second-order valence-corrected chi connectivity index (χ2v) is 5.57. The van der Waals surface area contributed by atoms with Gasteiger partial charge in [0.15, 0.2) is 23.4 Å². The molecule has 7 nitrogen and oxygen atoms in total. The highest BCUT2D eigenvalue weighted by Crippen LogP contribution is 2.44. The van der Waals surface area contributed by atoms with Crippen molar-refractivity contribution < 1.29 is 35.0 Å². The van der Waals surface area contributed by atoms with Gasteiger partial charge in [0.25, 0.3) is 0 Å². The predicted octanol–water partition coefficient (Wildman–Crippen LogP) is 1.94. The van der Waals surface area contributed by atoms with Crippen molar-refractivity contribution in [3.8, 4) is 34.5 Å². The van der Waals surface area contributed by atoms with Crippen LogP contribution in [0.4, 0.5) is 0 Å². The van der Waals surface area contributed by atoms with E-state index in [0.717, 1.165) is 0 Å². The summed E-state index contributed by atoms with van der Waals surface area (Å²) < 4.78 is 11.1. The van der Waals surface area contributed by atoms with Gasteiger partial charge in [-0.3, -0.25) is 0 Å². The van der Waals surface area contributed by atoms with Crippen LogP contribution in [-0.4, -0.2) is 38.2 Å². The summed E-state index contributed by atoms with van der Waals surface area (Å²) in [7, 11) is 0. The van der Waals surface area contributed by atoms with E-state index in [-0.39, 0.29) is 12.2 Å². The second kappa shape index (κ2) is 6.01. The topological polar surface area (TPSA) is 120 Å². The Morgan fingerprint density at radius 3 is 2.33 bits per heavy atom.